The number of hydrogen-bond acceptors (Lipinski definition) is 3. The number of benzene rings is 1. The van der Waals surface area contributed by atoms with Crippen LogP contribution in [-0.2, 0) is 16.0 Å². The minimum atomic E-state index is -0.156. The predicted octanol–water partition coefficient (Wildman–Crippen LogP) is 1.45. The van der Waals surface area contributed by atoms with Gasteiger partial charge >= 0.3 is 0 Å². The van der Waals surface area contributed by atoms with Gasteiger partial charge < -0.3 is 15.0 Å². The summed E-state index contributed by atoms with van der Waals surface area (Å²) in [5, 5.41) is 3.26. The first kappa shape index (κ1) is 14.5. The smallest absolute Gasteiger partial charge is 0.242 e. The van der Waals surface area contributed by atoms with E-state index in [1.807, 2.05) is 11.0 Å². The molecule has 1 N–H and O–H groups in total. The second-order valence-electron chi connectivity index (χ2n) is 6.09. The number of nitrogens with one attached hydrogen (secondary N) is 1. The lowest BCUT2D eigenvalue weighted by molar-refractivity contribution is -0.137. The van der Waals surface area contributed by atoms with Crippen molar-refractivity contribution in [2.75, 3.05) is 26.3 Å². The Morgan fingerprint density at radius 2 is 2.19 bits per heavy atom. The molecule has 21 heavy (non-hydrogen) atoms. The van der Waals surface area contributed by atoms with Gasteiger partial charge in [0, 0.05) is 19.1 Å². The number of nitrogens with zero attached hydrogens (tertiary/aromatic N) is 1. The number of hydrogen-bond donors (Lipinski definition) is 1. The van der Waals surface area contributed by atoms with Crippen molar-refractivity contribution in [1.29, 1.82) is 0 Å². The Morgan fingerprint density at radius 3 is 2.90 bits per heavy atom. The average molecular weight is 288 g/mol. The number of carbonyl (C=O) groups is 1. The van der Waals surface area contributed by atoms with Gasteiger partial charge in [-0.3, -0.25) is 4.79 Å². The van der Waals surface area contributed by atoms with E-state index in [0.717, 1.165) is 25.9 Å². The maximum Gasteiger partial charge on any atom is 0.242 e. The monoisotopic (exact) mass is 288 g/mol. The predicted molar refractivity (Wildman–Crippen MR) is 82.0 cm³/mol. The van der Waals surface area contributed by atoms with Crippen LogP contribution in [0.1, 0.15) is 18.9 Å². The van der Waals surface area contributed by atoms with Crippen LogP contribution in [0.2, 0.25) is 0 Å². The molecule has 4 nitrogen and oxygen atoms in total. The summed E-state index contributed by atoms with van der Waals surface area (Å²) in [6, 6.07) is 10.7. The average Bonchev–Trinajstić information content (AvgIpc) is 2.89. The lowest BCUT2D eigenvalue weighted by Gasteiger charge is -2.31. The van der Waals surface area contributed by atoms with Gasteiger partial charge in [-0.05, 0) is 31.2 Å². The summed E-state index contributed by atoms with van der Waals surface area (Å²) < 4.78 is 5.41. The zero-order valence-electron chi connectivity index (χ0n) is 12.6. The van der Waals surface area contributed by atoms with E-state index in [4.69, 9.17) is 4.74 Å². The molecule has 0 radical (unpaired) electrons. The summed E-state index contributed by atoms with van der Waals surface area (Å²) in [6.07, 6.45) is 2.15. The van der Waals surface area contributed by atoms with Crippen LogP contribution in [0.4, 0.5) is 0 Å². The molecule has 2 heterocycles. The maximum absolute atomic E-state index is 12.6. The molecule has 0 aromatic heterocycles. The van der Waals surface area contributed by atoms with Crippen molar-refractivity contribution >= 4 is 5.91 Å². The molecule has 4 heteroatoms. The van der Waals surface area contributed by atoms with Crippen molar-refractivity contribution in [1.82, 2.24) is 10.2 Å². The van der Waals surface area contributed by atoms with Gasteiger partial charge in [-0.1, -0.05) is 30.3 Å². The number of rotatable bonds is 3. The van der Waals surface area contributed by atoms with E-state index in [0.29, 0.717) is 25.2 Å². The summed E-state index contributed by atoms with van der Waals surface area (Å²) in [5.41, 5.74) is 1.36. The van der Waals surface area contributed by atoms with Crippen molar-refractivity contribution in [3.63, 3.8) is 0 Å². The Hall–Kier alpha value is -1.39. The van der Waals surface area contributed by atoms with E-state index in [2.05, 4.69) is 36.5 Å². The van der Waals surface area contributed by atoms with Crippen molar-refractivity contribution < 1.29 is 9.53 Å². The van der Waals surface area contributed by atoms with Crippen molar-refractivity contribution in [2.24, 2.45) is 5.92 Å². The van der Waals surface area contributed by atoms with E-state index >= 15 is 0 Å². The van der Waals surface area contributed by atoms with Gasteiger partial charge in [0.25, 0.3) is 0 Å². The van der Waals surface area contributed by atoms with E-state index in [1.165, 1.54) is 5.56 Å². The van der Waals surface area contributed by atoms with Crippen molar-refractivity contribution in [2.45, 2.75) is 31.8 Å². The number of morpholine rings is 1. The van der Waals surface area contributed by atoms with Gasteiger partial charge in [0.2, 0.25) is 5.91 Å². The summed E-state index contributed by atoms with van der Waals surface area (Å²) in [5.74, 6) is 0.763. The number of carbonyl (C=O) groups excluding carboxylic acids is 1. The molecular weight excluding hydrogens is 264 g/mol. The fourth-order valence-electron chi connectivity index (χ4n) is 3.43. The highest BCUT2D eigenvalue weighted by Crippen LogP contribution is 2.28. The highest BCUT2D eigenvalue weighted by Gasteiger charge is 2.37. The van der Waals surface area contributed by atoms with E-state index in [-0.39, 0.29) is 11.9 Å². The molecule has 2 aliphatic heterocycles. The minimum absolute atomic E-state index is 0.156. The second-order valence-corrected chi connectivity index (χ2v) is 6.09. The lowest BCUT2D eigenvalue weighted by atomic mass is 9.93. The summed E-state index contributed by atoms with van der Waals surface area (Å²) in [4.78, 5) is 14.6. The van der Waals surface area contributed by atoms with Crippen molar-refractivity contribution in [3.8, 4) is 0 Å². The maximum atomic E-state index is 12.6. The SMILES string of the molecule is CC1C(Cc2ccccc2)CCN1C(=O)C1COCCN1. The first-order valence-corrected chi connectivity index (χ1v) is 7.91. The standard InChI is InChI=1S/C17H24N2O2/c1-13-15(11-14-5-3-2-4-6-14)7-9-19(13)17(20)16-12-21-10-8-18-16/h2-6,13,15-16,18H,7-12H2,1H3. The topological polar surface area (TPSA) is 41.6 Å². The molecule has 3 unspecified atom stereocenters. The molecule has 2 fully saturated rings. The molecule has 1 amide bonds. The van der Waals surface area contributed by atoms with Crippen LogP contribution in [0.5, 0.6) is 0 Å². The normalized spacial score (nSPS) is 29.6. The fourth-order valence-corrected chi connectivity index (χ4v) is 3.43. The summed E-state index contributed by atoms with van der Waals surface area (Å²) in [7, 11) is 0. The molecule has 2 aliphatic rings. The van der Waals surface area contributed by atoms with E-state index in [9.17, 15) is 4.79 Å². The number of ether oxygens (including phenoxy) is 1. The first-order chi connectivity index (χ1) is 10.3. The number of amides is 1. The highest BCUT2D eigenvalue weighted by atomic mass is 16.5. The van der Waals surface area contributed by atoms with Crippen LogP contribution in [0.25, 0.3) is 0 Å². The second kappa shape index (κ2) is 6.58. The Kier molecular flexibility index (Phi) is 4.56. The Labute approximate surface area is 126 Å². The molecule has 3 atom stereocenters. The molecule has 1 aromatic carbocycles. The van der Waals surface area contributed by atoms with Gasteiger partial charge in [-0.25, -0.2) is 0 Å². The highest BCUT2D eigenvalue weighted by molar-refractivity contribution is 5.82. The largest absolute Gasteiger partial charge is 0.378 e. The molecule has 0 saturated carbocycles. The first-order valence-electron chi connectivity index (χ1n) is 7.91. The van der Waals surface area contributed by atoms with E-state index in [1.54, 1.807) is 0 Å². The Bertz CT molecular complexity index is 471. The third-order valence-electron chi connectivity index (χ3n) is 4.76. The molecule has 1 aromatic rings. The summed E-state index contributed by atoms with van der Waals surface area (Å²) in [6.45, 7) is 5.03. The third-order valence-corrected chi connectivity index (χ3v) is 4.76. The zero-order chi connectivity index (χ0) is 14.7. The number of likely N-dealkylation sites (tertiary alicyclic amines) is 1. The molecule has 3 rings (SSSR count). The Morgan fingerprint density at radius 1 is 1.38 bits per heavy atom. The van der Waals surface area contributed by atoms with Gasteiger partial charge in [0.05, 0.1) is 13.2 Å². The molecular formula is C17H24N2O2. The minimum Gasteiger partial charge on any atom is -0.378 e. The lowest BCUT2D eigenvalue weighted by Crippen LogP contribution is -2.53. The molecule has 0 bridgehead atoms. The summed E-state index contributed by atoms with van der Waals surface area (Å²) >= 11 is 0. The van der Waals surface area contributed by atoms with Crippen LogP contribution >= 0.6 is 0 Å². The molecule has 2 saturated heterocycles. The van der Waals surface area contributed by atoms with Crippen LogP contribution < -0.4 is 5.32 Å². The zero-order valence-corrected chi connectivity index (χ0v) is 12.6. The van der Waals surface area contributed by atoms with Crippen LogP contribution in [0, 0.1) is 5.92 Å². The van der Waals surface area contributed by atoms with Gasteiger partial charge in [-0.2, -0.15) is 0 Å². The Balaban J connectivity index is 1.60. The molecule has 0 aliphatic carbocycles. The quantitative estimate of drug-likeness (QED) is 0.915. The van der Waals surface area contributed by atoms with Crippen LogP contribution in [0.3, 0.4) is 0 Å². The van der Waals surface area contributed by atoms with Crippen molar-refractivity contribution in [3.05, 3.63) is 35.9 Å². The van der Waals surface area contributed by atoms with Gasteiger partial charge in [-0.15, -0.1) is 0 Å². The van der Waals surface area contributed by atoms with Crippen LogP contribution in [-0.4, -0.2) is 49.2 Å². The van der Waals surface area contributed by atoms with Gasteiger partial charge in [0.15, 0.2) is 0 Å². The van der Waals surface area contributed by atoms with Crippen LogP contribution in [0.15, 0.2) is 30.3 Å². The van der Waals surface area contributed by atoms with Gasteiger partial charge in [0.1, 0.15) is 6.04 Å². The third kappa shape index (κ3) is 3.27. The fraction of sp³-hybridized carbons (Fsp3) is 0.588. The molecule has 114 valence electrons. The molecule has 0 spiro atoms. The van der Waals surface area contributed by atoms with E-state index < -0.39 is 0 Å².